The van der Waals surface area contributed by atoms with E-state index < -0.39 is 0 Å². The number of ether oxygens (including phenoxy) is 1. The quantitative estimate of drug-likeness (QED) is 0.837. The number of hydrogen-bond acceptors (Lipinski definition) is 4. The highest BCUT2D eigenvalue weighted by atomic mass is 16.5. The van der Waals surface area contributed by atoms with Crippen LogP contribution < -0.4 is 20.7 Å². The molecule has 0 saturated carbocycles. The van der Waals surface area contributed by atoms with E-state index in [-0.39, 0.29) is 18.4 Å². The van der Waals surface area contributed by atoms with Crippen LogP contribution in [0.4, 0.5) is 11.4 Å². The van der Waals surface area contributed by atoms with Crippen molar-refractivity contribution >= 4 is 23.2 Å². The number of amides is 2. The Morgan fingerprint density at radius 3 is 2.78 bits per heavy atom. The van der Waals surface area contributed by atoms with Gasteiger partial charge >= 0.3 is 0 Å². The third kappa shape index (κ3) is 3.26. The number of benzene rings is 2. The van der Waals surface area contributed by atoms with Crippen LogP contribution in [0.2, 0.25) is 0 Å². The van der Waals surface area contributed by atoms with Gasteiger partial charge in [0.25, 0.3) is 11.8 Å². The maximum absolute atomic E-state index is 12.1. The Balaban J connectivity index is 1.65. The summed E-state index contributed by atoms with van der Waals surface area (Å²) in [4.78, 5) is 25.7. The molecule has 0 aliphatic carbocycles. The molecule has 0 atom stereocenters. The first kappa shape index (κ1) is 14.9. The normalized spacial score (nSPS) is 13.2. The standard InChI is InChI=1S/C17H17N3O3/c18-13-6-7-15-14(10-13)20(16(21)11-23-15)9-8-19-17(22)12-4-2-1-3-5-12/h1-7,10H,8-9,11,18H2,(H,19,22). The maximum Gasteiger partial charge on any atom is 0.265 e. The lowest BCUT2D eigenvalue weighted by Crippen LogP contribution is -2.43. The molecule has 2 aromatic rings. The summed E-state index contributed by atoms with van der Waals surface area (Å²) in [5.41, 5.74) is 7.56. The topological polar surface area (TPSA) is 84.7 Å². The van der Waals surface area contributed by atoms with Crippen LogP contribution in [0.3, 0.4) is 0 Å². The molecule has 6 nitrogen and oxygen atoms in total. The summed E-state index contributed by atoms with van der Waals surface area (Å²) in [6, 6.07) is 14.1. The van der Waals surface area contributed by atoms with Crippen molar-refractivity contribution in [3.8, 4) is 5.75 Å². The molecule has 2 amide bonds. The van der Waals surface area contributed by atoms with E-state index in [1.807, 2.05) is 6.07 Å². The second kappa shape index (κ2) is 6.39. The van der Waals surface area contributed by atoms with Crippen molar-refractivity contribution in [3.05, 3.63) is 54.1 Å². The molecule has 0 bridgehead atoms. The van der Waals surface area contributed by atoms with Crippen LogP contribution in [-0.2, 0) is 4.79 Å². The van der Waals surface area contributed by atoms with E-state index in [2.05, 4.69) is 5.32 Å². The Labute approximate surface area is 133 Å². The maximum atomic E-state index is 12.1. The predicted molar refractivity (Wildman–Crippen MR) is 87.5 cm³/mol. The number of rotatable bonds is 4. The summed E-state index contributed by atoms with van der Waals surface area (Å²) in [6.45, 7) is 0.689. The average Bonchev–Trinajstić information content (AvgIpc) is 2.57. The molecule has 0 spiro atoms. The summed E-state index contributed by atoms with van der Waals surface area (Å²) in [5, 5.41) is 2.81. The van der Waals surface area contributed by atoms with Crippen molar-refractivity contribution in [2.45, 2.75) is 0 Å². The van der Waals surface area contributed by atoms with Gasteiger partial charge in [-0.1, -0.05) is 18.2 Å². The molecule has 0 aromatic heterocycles. The minimum atomic E-state index is -0.167. The monoisotopic (exact) mass is 311 g/mol. The third-order valence-electron chi connectivity index (χ3n) is 3.58. The molecule has 0 radical (unpaired) electrons. The first-order chi connectivity index (χ1) is 11.1. The summed E-state index contributed by atoms with van der Waals surface area (Å²) < 4.78 is 5.38. The van der Waals surface area contributed by atoms with Gasteiger partial charge in [0.05, 0.1) is 5.69 Å². The molecule has 0 saturated heterocycles. The Morgan fingerprint density at radius 2 is 2.00 bits per heavy atom. The van der Waals surface area contributed by atoms with Crippen molar-refractivity contribution in [2.24, 2.45) is 0 Å². The van der Waals surface area contributed by atoms with Crippen molar-refractivity contribution in [2.75, 3.05) is 30.3 Å². The molecule has 1 aliphatic heterocycles. The summed E-state index contributed by atoms with van der Waals surface area (Å²) in [5.74, 6) is 0.296. The Morgan fingerprint density at radius 1 is 1.22 bits per heavy atom. The Bertz CT molecular complexity index is 731. The van der Waals surface area contributed by atoms with E-state index in [9.17, 15) is 9.59 Å². The number of hydrogen-bond donors (Lipinski definition) is 2. The van der Waals surface area contributed by atoms with Crippen LogP contribution in [0.15, 0.2) is 48.5 Å². The van der Waals surface area contributed by atoms with E-state index >= 15 is 0 Å². The van der Waals surface area contributed by atoms with E-state index in [4.69, 9.17) is 10.5 Å². The SMILES string of the molecule is Nc1ccc2c(c1)N(CCNC(=O)c1ccccc1)C(=O)CO2. The van der Waals surface area contributed by atoms with Gasteiger partial charge in [-0.3, -0.25) is 9.59 Å². The number of fused-ring (bicyclic) bond motifs is 1. The van der Waals surface area contributed by atoms with Gasteiger partial charge in [0, 0.05) is 24.3 Å². The fourth-order valence-electron chi connectivity index (χ4n) is 2.44. The summed E-state index contributed by atoms with van der Waals surface area (Å²) in [7, 11) is 0. The van der Waals surface area contributed by atoms with Crippen molar-refractivity contribution < 1.29 is 14.3 Å². The molecular weight excluding hydrogens is 294 g/mol. The molecule has 2 aromatic carbocycles. The van der Waals surface area contributed by atoms with Gasteiger partial charge in [0.1, 0.15) is 5.75 Å². The molecule has 0 fully saturated rings. The first-order valence-corrected chi connectivity index (χ1v) is 7.31. The van der Waals surface area contributed by atoms with E-state index in [1.54, 1.807) is 47.4 Å². The fourth-order valence-corrected chi connectivity index (χ4v) is 2.44. The van der Waals surface area contributed by atoms with Crippen molar-refractivity contribution in [1.29, 1.82) is 0 Å². The molecule has 118 valence electrons. The zero-order valence-corrected chi connectivity index (χ0v) is 12.5. The Kier molecular flexibility index (Phi) is 4.14. The van der Waals surface area contributed by atoms with Crippen LogP contribution in [0.1, 0.15) is 10.4 Å². The molecule has 3 rings (SSSR count). The number of nitrogens with two attached hydrogens (primary N) is 1. The lowest BCUT2D eigenvalue weighted by Gasteiger charge is -2.29. The summed E-state index contributed by atoms with van der Waals surface area (Å²) in [6.07, 6.45) is 0. The van der Waals surface area contributed by atoms with E-state index in [0.29, 0.717) is 35.8 Å². The molecule has 1 aliphatic rings. The smallest absolute Gasteiger partial charge is 0.265 e. The van der Waals surface area contributed by atoms with Crippen LogP contribution in [0, 0.1) is 0 Å². The minimum Gasteiger partial charge on any atom is -0.482 e. The molecule has 6 heteroatoms. The van der Waals surface area contributed by atoms with Gasteiger partial charge in [0.15, 0.2) is 6.61 Å². The van der Waals surface area contributed by atoms with Crippen LogP contribution in [0.5, 0.6) is 5.75 Å². The van der Waals surface area contributed by atoms with Crippen LogP contribution in [0.25, 0.3) is 0 Å². The van der Waals surface area contributed by atoms with Gasteiger partial charge < -0.3 is 20.7 Å². The Hall–Kier alpha value is -3.02. The van der Waals surface area contributed by atoms with Crippen LogP contribution >= 0.6 is 0 Å². The first-order valence-electron chi connectivity index (χ1n) is 7.31. The fraction of sp³-hybridized carbons (Fsp3) is 0.176. The predicted octanol–water partition coefficient (Wildman–Crippen LogP) is 1.42. The van der Waals surface area contributed by atoms with Crippen molar-refractivity contribution in [1.82, 2.24) is 5.32 Å². The van der Waals surface area contributed by atoms with Gasteiger partial charge in [-0.2, -0.15) is 0 Å². The highest BCUT2D eigenvalue weighted by Gasteiger charge is 2.25. The lowest BCUT2D eigenvalue weighted by atomic mass is 10.2. The minimum absolute atomic E-state index is 0.0104. The molecule has 3 N–H and O–H groups in total. The van der Waals surface area contributed by atoms with Crippen molar-refractivity contribution in [3.63, 3.8) is 0 Å². The molecular formula is C17H17N3O3. The van der Waals surface area contributed by atoms with Crippen LogP contribution in [-0.4, -0.2) is 31.5 Å². The number of nitrogens with zero attached hydrogens (tertiary/aromatic N) is 1. The second-order valence-corrected chi connectivity index (χ2v) is 5.18. The number of carbonyl (C=O) groups is 2. The summed E-state index contributed by atoms with van der Waals surface area (Å²) >= 11 is 0. The second-order valence-electron chi connectivity index (χ2n) is 5.18. The van der Waals surface area contributed by atoms with Gasteiger partial charge in [-0.25, -0.2) is 0 Å². The van der Waals surface area contributed by atoms with Gasteiger partial charge in [-0.05, 0) is 30.3 Å². The van der Waals surface area contributed by atoms with Gasteiger partial charge in [-0.15, -0.1) is 0 Å². The lowest BCUT2D eigenvalue weighted by molar-refractivity contribution is -0.121. The number of carbonyl (C=O) groups excluding carboxylic acids is 2. The van der Waals surface area contributed by atoms with E-state index in [0.717, 1.165) is 0 Å². The molecule has 0 unspecified atom stereocenters. The zero-order chi connectivity index (χ0) is 16.2. The zero-order valence-electron chi connectivity index (χ0n) is 12.5. The number of nitrogen functional groups attached to an aromatic ring is 1. The average molecular weight is 311 g/mol. The largest absolute Gasteiger partial charge is 0.482 e. The molecule has 1 heterocycles. The van der Waals surface area contributed by atoms with E-state index in [1.165, 1.54) is 0 Å². The molecule has 23 heavy (non-hydrogen) atoms. The number of nitrogens with one attached hydrogen (secondary N) is 1. The highest BCUT2D eigenvalue weighted by Crippen LogP contribution is 2.33. The van der Waals surface area contributed by atoms with Gasteiger partial charge in [0.2, 0.25) is 0 Å². The third-order valence-corrected chi connectivity index (χ3v) is 3.58. The highest BCUT2D eigenvalue weighted by molar-refractivity contribution is 5.98. The number of anilines is 2.